The zero-order valence-corrected chi connectivity index (χ0v) is 12.9. The first-order chi connectivity index (χ1) is 9.33. The van der Waals surface area contributed by atoms with Crippen LogP contribution in [0.1, 0.15) is 59.8 Å². The van der Waals surface area contributed by atoms with Crippen molar-refractivity contribution in [3.8, 4) is 0 Å². The van der Waals surface area contributed by atoms with E-state index in [1.54, 1.807) is 0 Å². The molecule has 2 aliphatic carbocycles. The van der Waals surface area contributed by atoms with Crippen LogP contribution in [0.3, 0.4) is 0 Å². The Morgan fingerprint density at radius 1 is 1.35 bits per heavy atom. The Kier molecular flexibility index (Phi) is 4.17. The van der Waals surface area contributed by atoms with Crippen molar-refractivity contribution in [1.82, 2.24) is 0 Å². The summed E-state index contributed by atoms with van der Waals surface area (Å²) in [5, 5.41) is 0. The molecule has 0 unspecified atom stereocenters. The predicted molar refractivity (Wildman–Crippen MR) is 78.2 cm³/mol. The first kappa shape index (κ1) is 15.0. The number of carbonyl (C=O) groups is 2. The summed E-state index contributed by atoms with van der Waals surface area (Å²) in [6.07, 6.45) is 5.94. The zero-order chi connectivity index (χ0) is 14.9. The number of ether oxygens (including phenoxy) is 1. The number of allylic oxidation sites excluding steroid dienone is 2. The van der Waals surface area contributed by atoms with E-state index >= 15 is 0 Å². The van der Waals surface area contributed by atoms with Gasteiger partial charge in [-0.25, -0.2) is 4.79 Å². The third kappa shape index (κ3) is 2.87. The quantitative estimate of drug-likeness (QED) is 0.570. The Bertz CT molecular complexity index is 494. The van der Waals surface area contributed by atoms with Gasteiger partial charge in [0, 0.05) is 12.5 Å². The molecule has 0 aromatic heterocycles. The maximum Gasteiger partial charge on any atom is 0.331 e. The Morgan fingerprint density at radius 3 is 2.70 bits per heavy atom. The van der Waals surface area contributed by atoms with E-state index in [1.165, 1.54) is 18.1 Å². The summed E-state index contributed by atoms with van der Waals surface area (Å²) >= 11 is 0. The molecule has 1 saturated carbocycles. The molecule has 0 aliphatic heterocycles. The highest BCUT2D eigenvalue weighted by Gasteiger charge is 2.43. The van der Waals surface area contributed by atoms with Crippen LogP contribution in [0.5, 0.6) is 0 Å². The zero-order valence-electron chi connectivity index (χ0n) is 12.9. The van der Waals surface area contributed by atoms with E-state index in [1.807, 2.05) is 20.8 Å². The minimum Gasteiger partial charge on any atom is -0.451 e. The number of hydrogen-bond acceptors (Lipinski definition) is 3. The number of hydrogen-bond donors (Lipinski definition) is 0. The minimum absolute atomic E-state index is 0.00474. The summed E-state index contributed by atoms with van der Waals surface area (Å²) in [7, 11) is 0. The van der Waals surface area contributed by atoms with Crippen molar-refractivity contribution in [1.29, 1.82) is 0 Å². The topological polar surface area (TPSA) is 43.4 Å². The molecule has 3 heteroatoms. The molecule has 0 aromatic rings. The molecule has 110 valence electrons. The molecule has 0 bridgehead atoms. The van der Waals surface area contributed by atoms with Gasteiger partial charge in [-0.05, 0) is 51.0 Å². The molecular weight excluding hydrogens is 252 g/mol. The summed E-state index contributed by atoms with van der Waals surface area (Å²) in [6, 6.07) is 0. The molecule has 0 radical (unpaired) electrons. The number of carbonyl (C=O) groups excluding carboxylic acids is 2. The Hall–Kier alpha value is -1.38. The van der Waals surface area contributed by atoms with Gasteiger partial charge in [0.25, 0.3) is 0 Å². The third-order valence-corrected chi connectivity index (χ3v) is 4.55. The van der Waals surface area contributed by atoms with Crippen LogP contribution in [0.4, 0.5) is 0 Å². The molecule has 20 heavy (non-hydrogen) atoms. The molecule has 0 N–H and O–H groups in total. The molecule has 0 amide bonds. The highest BCUT2D eigenvalue weighted by atomic mass is 16.5. The molecule has 0 heterocycles. The maximum atomic E-state index is 12.4. The van der Waals surface area contributed by atoms with Crippen LogP contribution in [0.25, 0.3) is 0 Å². The second-order valence-electron chi connectivity index (χ2n) is 6.59. The lowest BCUT2D eigenvalue weighted by Crippen LogP contribution is -2.41. The fraction of sp³-hybridized carbons (Fsp3) is 0.647. The van der Waals surface area contributed by atoms with Crippen LogP contribution >= 0.6 is 0 Å². The van der Waals surface area contributed by atoms with E-state index < -0.39 is 12.1 Å². The molecule has 2 aliphatic rings. The first-order valence-corrected chi connectivity index (χ1v) is 7.43. The monoisotopic (exact) mass is 276 g/mol. The van der Waals surface area contributed by atoms with E-state index in [9.17, 15) is 9.59 Å². The van der Waals surface area contributed by atoms with E-state index in [0.717, 1.165) is 30.4 Å². The largest absolute Gasteiger partial charge is 0.451 e. The van der Waals surface area contributed by atoms with Gasteiger partial charge in [0.05, 0.1) is 0 Å². The molecule has 2 atom stereocenters. The standard InChI is InChI=1S/C17H24O3/c1-11(2)9-15(18)20-14-10-17(4)8-6-5-7-13(17)12(3)16(14)19/h9,14H,5-8,10H2,1-4H3/t14-,17+/m1/s1. The third-order valence-electron chi connectivity index (χ3n) is 4.55. The van der Waals surface area contributed by atoms with Crippen LogP contribution in [0, 0.1) is 5.41 Å². The smallest absolute Gasteiger partial charge is 0.331 e. The van der Waals surface area contributed by atoms with Gasteiger partial charge in [-0.1, -0.05) is 24.5 Å². The maximum absolute atomic E-state index is 12.4. The van der Waals surface area contributed by atoms with Gasteiger partial charge >= 0.3 is 5.97 Å². The van der Waals surface area contributed by atoms with Crippen LogP contribution in [-0.2, 0) is 14.3 Å². The van der Waals surface area contributed by atoms with Crippen molar-refractivity contribution < 1.29 is 14.3 Å². The van der Waals surface area contributed by atoms with Crippen molar-refractivity contribution in [3.63, 3.8) is 0 Å². The fourth-order valence-electron chi connectivity index (χ4n) is 3.53. The predicted octanol–water partition coefficient (Wildman–Crippen LogP) is 3.73. The van der Waals surface area contributed by atoms with Gasteiger partial charge < -0.3 is 4.74 Å². The fourth-order valence-corrected chi connectivity index (χ4v) is 3.53. The number of esters is 1. The minimum atomic E-state index is -0.607. The van der Waals surface area contributed by atoms with Gasteiger partial charge in [0.1, 0.15) is 0 Å². The first-order valence-electron chi connectivity index (χ1n) is 7.43. The molecule has 3 nitrogen and oxygen atoms in total. The SMILES string of the molecule is CC(C)=CC(=O)O[C@@H]1C[C@]2(C)CCCCC2=C(C)C1=O. The van der Waals surface area contributed by atoms with Crippen LogP contribution in [-0.4, -0.2) is 17.9 Å². The van der Waals surface area contributed by atoms with Crippen molar-refractivity contribution in [2.24, 2.45) is 5.41 Å². The highest BCUT2D eigenvalue weighted by molar-refractivity contribution is 6.01. The van der Waals surface area contributed by atoms with Gasteiger partial charge in [-0.3, -0.25) is 4.79 Å². The second-order valence-corrected chi connectivity index (χ2v) is 6.59. The van der Waals surface area contributed by atoms with Gasteiger partial charge in [-0.15, -0.1) is 0 Å². The summed E-state index contributed by atoms with van der Waals surface area (Å²) in [5.41, 5.74) is 3.04. The van der Waals surface area contributed by atoms with Crippen molar-refractivity contribution in [2.75, 3.05) is 0 Å². The Labute approximate surface area is 121 Å². The van der Waals surface area contributed by atoms with Crippen LogP contribution in [0.2, 0.25) is 0 Å². The van der Waals surface area contributed by atoms with Crippen LogP contribution < -0.4 is 0 Å². The van der Waals surface area contributed by atoms with Crippen LogP contribution in [0.15, 0.2) is 22.8 Å². The average Bonchev–Trinajstić information content (AvgIpc) is 2.34. The molecule has 0 spiro atoms. The molecule has 2 rings (SSSR count). The number of ketones is 1. The lowest BCUT2D eigenvalue weighted by atomic mass is 9.63. The van der Waals surface area contributed by atoms with E-state index in [0.29, 0.717) is 6.42 Å². The van der Waals surface area contributed by atoms with E-state index in [2.05, 4.69) is 6.92 Å². The van der Waals surface area contributed by atoms with Crippen molar-refractivity contribution >= 4 is 11.8 Å². The van der Waals surface area contributed by atoms with Gasteiger partial charge in [0.2, 0.25) is 0 Å². The Balaban J connectivity index is 2.22. The number of fused-ring (bicyclic) bond motifs is 1. The second kappa shape index (κ2) is 5.55. The number of Topliss-reactive ketones (excluding diaryl/α,β-unsaturated/α-hetero) is 1. The summed E-state index contributed by atoms with van der Waals surface area (Å²) in [5.74, 6) is -0.408. The van der Waals surface area contributed by atoms with Crippen molar-refractivity contribution in [3.05, 3.63) is 22.8 Å². The summed E-state index contributed by atoms with van der Waals surface area (Å²) < 4.78 is 5.40. The van der Waals surface area contributed by atoms with Gasteiger partial charge in [-0.2, -0.15) is 0 Å². The van der Waals surface area contributed by atoms with E-state index in [4.69, 9.17) is 4.74 Å². The molecule has 0 saturated heterocycles. The summed E-state index contributed by atoms with van der Waals surface area (Å²) in [6.45, 7) is 7.78. The number of rotatable bonds is 2. The highest BCUT2D eigenvalue weighted by Crippen LogP contribution is 2.49. The average molecular weight is 276 g/mol. The normalized spacial score (nSPS) is 29.8. The lowest BCUT2D eigenvalue weighted by molar-refractivity contribution is -0.151. The lowest BCUT2D eigenvalue weighted by Gasteiger charge is -2.43. The van der Waals surface area contributed by atoms with Crippen molar-refractivity contribution in [2.45, 2.75) is 65.9 Å². The Morgan fingerprint density at radius 2 is 2.05 bits per heavy atom. The molecule has 0 aromatic carbocycles. The van der Waals surface area contributed by atoms with Gasteiger partial charge in [0.15, 0.2) is 11.9 Å². The molecule has 1 fully saturated rings. The molecular formula is C17H24O3. The van der Waals surface area contributed by atoms with E-state index in [-0.39, 0.29) is 11.2 Å². The summed E-state index contributed by atoms with van der Waals surface area (Å²) in [4.78, 5) is 24.2.